The van der Waals surface area contributed by atoms with Crippen LogP contribution in [-0.2, 0) is 0 Å². The molecule has 0 saturated carbocycles. The maximum Gasteiger partial charge on any atom is 0.441 e. The summed E-state index contributed by atoms with van der Waals surface area (Å²) >= 11 is -0.0524. The van der Waals surface area contributed by atoms with Crippen LogP contribution in [0.3, 0.4) is 0 Å². The van der Waals surface area contributed by atoms with Crippen molar-refractivity contribution in [2.45, 2.75) is 5.51 Å². The van der Waals surface area contributed by atoms with Crippen molar-refractivity contribution in [1.29, 1.82) is 0 Å². The standard InChI is InChI=1S/C12H16F3N3O2S/c13-12(14,15)21-8-6-17-5-7-20-10-3-1-9(2-4-10)11(16)18-19/h1-4,17,19H,5-8H2,(H2,16,18). The lowest BCUT2D eigenvalue weighted by atomic mass is 10.2. The molecule has 1 aromatic rings. The molecule has 0 saturated heterocycles. The summed E-state index contributed by atoms with van der Waals surface area (Å²) in [6.07, 6.45) is 0. The molecule has 0 aliphatic rings. The third-order valence-corrected chi connectivity index (χ3v) is 3.09. The number of benzene rings is 1. The maximum atomic E-state index is 11.8. The largest absolute Gasteiger partial charge is 0.492 e. The molecule has 0 aliphatic carbocycles. The maximum absolute atomic E-state index is 11.8. The average Bonchev–Trinajstić information content (AvgIpc) is 2.45. The minimum Gasteiger partial charge on any atom is -0.492 e. The molecule has 9 heteroatoms. The van der Waals surface area contributed by atoms with E-state index in [0.29, 0.717) is 24.5 Å². The van der Waals surface area contributed by atoms with Crippen LogP contribution in [-0.4, -0.2) is 42.0 Å². The second kappa shape index (κ2) is 8.63. The zero-order valence-corrected chi connectivity index (χ0v) is 11.9. The topological polar surface area (TPSA) is 79.9 Å². The molecule has 0 heterocycles. The van der Waals surface area contributed by atoms with Gasteiger partial charge in [-0.25, -0.2) is 0 Å². The minimum absolute atomic E-state index is 0.00498. The van der Waals surface area contributed by atoms with E-state index in [9.17, 15) is 13.2 Å². The van der Waals surface area contributed by atoms with Gasteiger partial charge in [0, 0.05) is 24.4 Å². The molecule has 0 atom stereocenters. The predicted octanol–water partition coefficient (Wildman–Crippen LogP) is 2.00. The molecule has 5 nitrogen and oxygen atoms in total. The molecule has 1 rings (SSSR count). The van der Waals surface area contributed by atoms with E-state index in [1.165, 1.54) is 0 Å². The summed E-state index contributed by atoms with van der Waals surface area (Å²) in [7, 11) is 0. The lowest BCUT2D eigenvalue weighted by Gasteiger charge is -2.09. The number of rotatable bonds is 8. The number of nitrogens with zero attached hydrogens (tertiary/aromatic N) is 1. The Balaban J connectivity index is 2.16. The first-order chi connectivity index (χ1) is 9.92. The van der Waals surface area contributed by atoms with Gasteiger partial charge in [0.2, 0.25) is 0 Å². The van der Waals surface area contributed by atoms with E-state index in [2.05, 4.69) is 10.5 Å². The van der Waals surface area contributed by atoms with Crippen LogP contribution in [0.2, 0.25) is 0 Å². The second-order valence-corrected chi connectivity index (χ2v) is 5.06. The Bertz CT molecular complexity index is 452. The minimum atomic E-state index is -4.18. The summed E-state index contributed by atoms with van der Waals surface area (Å²) in [6, 6.07) is 6.59. The smallest absolute Gasteiger partial charge is 0.441 e. The molecular formula is C12H16F3N3O2S. The third-order valence-electron chi connectivity index (χ3n) is 2.35. The Kier molecular flexibility index (Phi) is 7.17. The van der Waals surface area contributed by atoms with E-state index in [1.54, 1.807) is 24.3 Å². The van der Waals surface area contributed by atoms with E-state index >= 15 is 0 Å². The second-order valence-electron chi connectivity index (χ2n) is 3.90. The van der Waals surface area contributed by atoms with E-state index in [4.69, 9.17) is 15.7 Å². The molecule has 21 heavy (non-hydrogen) atoms. The third kappa shape index (κ3) is 7.66. The highest BCUT2D eigenvalue weighted by atomic mass is 32.2. The monoisotopic (exact) mass is 323 g/mol. The summed E-state index contributed by atoms with van der Waals surface area (Å²) in [5.74, 6) is 0.569. The Hall–Kier alpha value is -1.61. The molecule has 0 bridgehead atoms. The van der Waals surface area contributed by atoms with Crippen molar-refractivity contribution in [3.05, 3.63) is 29.8 Å². The Morgan fingerprint density at radius 2 is 1.95 bits per heavy atom. The van der Waals surface area contributed by atoms with Gasteiger partial charge < -0.3 is 21.0 Å². The van der Waals surface area contributed by atoms with Crippen molar-refractivity contribution in [2.24, 2.45) is 10.9 Å². The van der Waals surface area contributed by atoms with Crippen LogP contribution in [0.5, 0.6) is 5.75 Å². The van der Waals surface area contributed by atoms with Crippen molar-refractivity contribution in [3.63, 3.8) is 0 Å². The molecule has 0 fully saturated rings. The highest BCUT2D eigenvalue weighted by Crippen LogP contribution is 2.29. The lowest BCUT2D eigenvalue weighted by Crippen LogP contribution is -2.24. The molecule has 4 N–H and O–H groups in total. The first-order valence-electron chi connectivity index (χ1n) is 6.04. The van der Waals surface area contributed by atoms with Gasteiger partial charge in [0.1, 0.15) is 12.4 Å². The average molecular weight is 323 g/mol. The van der Waals surface area contributed by atoms with E-state index in [0.717, 1.165) is 0 Å². The molecule has 0 radical (unpaired) electrons. The van der Waals surface area contributed by atoms with E-state index in [1.807, 2.05) is 0 Å². The number of alkyl halides is 3. The van der Waals surface area contributed by atoms with Gasteiger partial charge in [0.25, 0.3) is 0 Å². The van der Waals surface area contributed by atoms with Crippen molar-refractivity contribution >= 4 is 17.6 Å². The summed E-state index contributed by atoms with van der Waals surface area (Å²) < 4.78 is 40.9. The molecule has 118 valence electrons. The number of halogens is 3. The first-order valence-corrected chi connectivity index (χ1v) is 7.03. The van der Waals surface area contributed by atoms with Crippen molar-refractivity contribution in [3.8, 4) is 5.75 Å². The Morgan fingerprint density at radius 3 is 2.52 bits per heavy atom. The van der Waals surface area contributed by atoms with Gasteiger partial charge in [0.05, 0.1) is 0 Å². The molecule has 0 aromatic heterocycles. The van der Waals surface area contributed by atoms with Gasteiger partial charge in [-0.3, -0.25) is 0 Å². The van der Waals surface area contributed by atoms with Crippen molar-refractivity contribution in [1.82, 2.24) is 5.32 Å². The van der Waals surface area contributed by atoms with Gasteiger partial charge in [-0.15, -0.1) is 0 Å². The lowest BCUT2D eigenvalue weighted by molar-refractivity contribution is -0.0327. The van der Waals surface area contributed by atoms with Crippen LogP contribution in [0.4, 0.5) is 13.2 Å². The summed E-state index contributed by atoms with van der Waals surface area (Å²) in [4.78, 5) is 0. The Labute approximate surface area is 124 Å². The summed E-state index contributed by atoms with van der Waals surface area (Å²) in [6.45, 7) is 1.04. The number of ether oxygens (including phenoxy) is 1. The number of nitrogens with two attached hydrogens (primary N) is 1. The molecule has 0 amide bonds. The molecule has 0 spiro atoms. The SMILES string of the molecule is N/C(=N/O)c1ccc(OCCNCCSC(F)(F)F)cc1. The summed E-state index contributed by atoms with van der Waals surface area (Å²) in [5.41, 5.74) is 1.79. The first kappa shape index (κ1) is 17.4. The number of amidine groups is 1. The van der Waals surface area contributed by atoms with Crippen LogP contribution in [0.15, 0.2) is 29.4 Å². The van der Waals surface area contributed by atoms with Crippen molar-refractivity contribution in [2.75, 3.05) is 25.4 Å². The van der Waals surface area contributed by atoms with Crippen LogP contribution in [0.25, 0.3) is 0 Å². The van der Waals surface area contributed by atoms with Crippen LogP contribution in [0, 0.1) is 0 Å². The number of oxime groups is 1. The zero-order valence-electron chi connectivity index (χ0n) is 11.1. The highest BCUT2D eigenvalue weighted by molar-refractivity contribution is 8.00. The zero-order chi connectivity index (χ0) is 15.7. The van der Waals surface area contributed by atoms with E-state index < -0.39 is 5.51 Å². The van der Waals surface area contributed by atoms with E-state index in [-0.39, 0.29) is 29.9 Å². The number of thioether (sulfide) groups is 1. The predicted molar refractivity (Wildman–Crippen MR) is 75.8 cm³/mol. The summed E-state index contributed by atoms with van der Waals surface area (Å²) in [5, 5.41) is 14.2. The molecule has 0 aliphatic heterocycles. The van der Waals surface area contributed by atoms with Crippen molar-refractivity contribution < 1.29 is 23.1 Å². The normalized spacial score (nSPS) is 12.4. The van der Waals surface area contributed by atoms with Gasteiger partial charge in [0.15, 0.2) is 5.84 Å². The number of hydrogen-bond acceptors (Lipinski definition) is 5. The van der Waals surface area contributed by atoms with Gasteiger partial charge in [-0.05, 0) is 36.0 Å². The van der Waals surface area contributed by atoms with Crippen LogP contribution < -0.4 is 15.8 Å². The molecular weight excluding hydrogens is 307 g/mol. The van der Waals surface area contributed by atoms with Gasteiger partial charge in [-0.2, -0.15) is 13.2 Å². The Morgan fingerprint density at radius 1 is 1.29 bits per heavy atom. The molecule has 1 aromatic carbocycles. The number of hydrogen-bond donors (Lipinski definition) is 3. The van der Waals surface area contributed by atoms with Crippen LogP contribution >= 0.6 is 11.8 Å². The highest BCUT2D eigenvalue weighted by Gasteiger charge is 2.27. The molecule has 0 unspecified atom stereocenters. The quantitative estimate of drug-likeness (QED) is 0.224. The van der Waals surface area contributed by atoms with Crippen LogP contribution in [0.1, 0.15) is 5.56 Å². The van der Waals surface area contributed by atoms with Gasteiger partial charge in [-0.1, -0.05) is 5.16 Å². The van der Waals surface area contributed by atoms with Gasteiger partial charge >= 0.3 is 5.51 Å². The fourth-order valence-corrected chi connectivity index (χ4v) is 1.86. The fraction of sp³-hybridized carbons (Fsp3) is 0.417. The fourth-order valence-electron chi connectivity index (χ4n) is 1.38. The number of nitrogens with one attached hydrogen (secondary N) is 1.